The first-order valence-electron chi connectivity index (χ1n) is 8.97. The molecule has 4 rings (SSSR count). The van der Waals surface area contributed by atoms with Gasteiger partial charge < -0.3 is 9.72 Å². The Morgan fingerprint density at radius 3 is 2.85 bits per heavy atom. The Hall–Kier alpha value is -1.76. The Morgan fingerprint density at radius 1 is 1.35 bits per heavy atom. The maximum Gasteiger partial charge on any atom is 0.263 e. The molecule has 3 aromatic rings. The number of aryl methyl sites for hydroxylation is 1. The molecule has 1 N–H and O–H groups in total. The minimum absolute atomic E-state index is 0.0292. The quantitative estimate of drug-likeness (QED) is 0.674. The number of benzene rings is 1. The van der Waals surface area contributed by atoms with Gasteiger partial charge in [0, 0.05) is 17.8 Å². The lowest BCUT2D eigenvalue weighted by atomic mass is 9.96. The first-order valence-corrected chi connectivity index (χ1v) is 10.2. The van der Waals surface area contributed by atoms with Crippen molar-refractivity contribution in [2.24, 2.45) is 5.92 Å². The smallest absolute Gasteiger partial charge is 0.263 e. The zero-order valence-corrected chi connectivity index (χ0v) is 16.6. The second-order valence-corrected chi connectivity index (χ2v) is 8.62. The van der Waals surface area contributed by atoms with Crippen molar-refractivity contribution >= 4 is 33.8 Å². The summed E-state index contributed by atoms with van der Waals surface area (Å²) in [5.74, 6) is 0.431. The van der Waals surface area contributed by atoms with E-state index in [4.69, 9.17) is 17.0 Å². The minimum Gasteiger partial charge on any atom is -0.372 e. The highest BCUT2D eigenvalue weighted by atomic mass is 32.1. The molecule has 1 aliphatic rings. The van der Waals surface area contributed by atoms with Crippen LogP contribution in [0.4, 0.5) is 0 Å². The molecule has 1 aromatic carbocycles. The van der Waals surface area contributed by atoms with Crippen LogP contribution in [-0.4, -0.2) is 15.7 Å². The van der Waals surface area contributed by atoms with E-state index in [0.717, 1.165) is 33.5 Å². The number of hydrogen-bond acceptors (Lipinski definition) is 4. The van der Waals surface area contributed by atoms with Gasteiger partial charge in [0.15, 0.2) is 4.77 Å². The third-order valence-electron chi connectivity index (χ3n) is 5.06. The standard InChI is InChI=1S/C20H22N2O2S2/c1-12(2)15-10-14-16(11-24-15)26-18-17(14)19(23)22(20(25)21-18)9-8-13-6-4-3-5-7-13/h3-7,12,15H,8-11H2,1-2H3,(H,21,25)/t15-/m0/s1. The predicted molar refractivity (Wildman–Crippen MR) is 109 cm³/mol. The molecule has 0 bridgehead atoms. The molecule has 4 nitrogen and oxygen atoms in total. The number of rotatable bonds is 4. The Morgan fingerprint density at radius 2 is 2.12 bits per heavy atom. The number of ether oxygens (including phenoxy) is 1. The first-order chi connectivity index (χ1) is 12.5. The van der Waals surface area contributed by atoms with Gasteiger partial charge in [-0.3, -0.25) is 9.36 Å². The molecule has 0 fully saturated rings. The second-order valence-electron chi connectivity index (χ2n) is 7.13. The lowest BCUT2D eigenvalue weighted by Crippen LogP contribution is -2.28. The number of nitrogens with one attached hydrogen (secondary N) is 1. The van der Waals surface area contributed by atoms with Crippen LogP contribution in [0.25, 0.3) is 10.2 Å². The van der Waals surface area contributed by atoms with E-state index in [-0.39, 0.29) is 11.7 Å². The number of thiophene rings is 1. The molecule has 0 saturated heterocycles. The van der Waals surface area contributed by atoms with Gasteiger partial charge in [0.25, 0.3) is 5.56 Å². The van der Waals surface area contributed by atoms with Gasteiger partial charge in [0.1, 0.15) is 4.83 Å². The molecule has 1 atom stereocenters. The topological polar surface area (TPSA) is 47.0 Å². The van der Waals surface area contributed by atoms with Crippen LogP contribution in [0.15, 0.2) is 35.1 Å². The molecule has 3 heterocycles. The van der Waals surface area contributed by atoms with E-state index in [1.165, 1.54) is 5.56 Å². The first kappa shape index (κ1) is 17.6. The van der Waals surface area contributed by atoms with Gasteiger partial charge in [-0.25, -0.2) is 0 Å². The van der Waals surface area contributed by atoms with Crippen LogP contribution in [0.3, 0.4) is 0 Å². The molecule has 6 heteroatoms. The van der Waals surface area contributed by atoms with Crippen molar-refractivity contribution < 1.29 is 4.74 Å². The van der Waals surface area contributed by atoms with Gasteiger partial charge in [0.05, 0.1) is 18.1 Å². The van der Waals surface area contributed by atoms with E-state index in [1.807, 2.05) is 18.2 Å². The molecule has 0 spiro atoms. The van der Waals surface area contributed by atoms with Crippen molar-refractivity contribution in [3.63, 3.8) is 0 Å². The normalized spacial score (nSPS) is 17.0. The van der Waals surface area contributed by atoms with Gasteiger partial charge in [0.2, 0.25) is 0 Å². The fourth-order valence-corrected chi connectivity index (χ4v) is 4.99. The molecule has 2 aromatic heterocycles. The highest BCUT2D eigenvalue weighted by Crippen LogP contribution is 2.34. The number of H-pyrrole nitrogens is 1. The summed E-state index contributed by atoms with van der Waals surface area (Å²) < 4.78 is 8.17. The SMILES string of the molecule is CC(C)[C@@H]1Cc2c(sc3[nH]c(=S)n(CCc4ccccc4)c(=O)c23)CO1. The summed E-state index contributed by atoms with van der Waals surface area (Å²) in [6.07, 6.45) is 1.75. The van der Waals surface area contributed by atoms with Crippen LogP contribution in [0.2, 0.25) is 0 Å². The zero-order valence-electron chi connectivity index (χ0n) is 15.0. The van der Waals surface area contributed by atoms with Crippen LogP contribution < -0.4 is 5.56 Å². The molecule has 0 radical (unpaired) electrons. The van der Waals surface area contributed by atoms with Gasteiger partial charge in [-0.15, -0.1) is 11.3 Å². The minimum atomic E-state index is 0.0292. The third kappa shape index (κ3) is 3.17. The molecule has 0 aliphatic carbocycles. The maximum atomic E-state index is 13.2. The largest absolute Gasteiger partial charge is 0.372 e. The molecule has 1 aliphatic heterocycles. The highest BCUT2D eigenvalue weighted by Gasteiger charge is 2.27. The fourth-order valence-electron chi connectivity index (χ4n) is 3.51. The highest BCUT2D eigenvalue weighted by molar-refractivity contribution is 7.71. The van der Waals surface area contributed by atoms with Crippen molar-refractivity contribution in [1.29, 1.82) is 0 Å². The molecular weight excluding hydrogens is 364 g/mol. The number of nitrogens with zero attached hydrogens (tertiary/aromatic N) is 1. The maximum absolute atomic E-state index is 13.2. The van der Waals surface area contributed by atoms with E-state index in [1.54, 1.807) is 15.9 Å². The van der Waals surface area contributed by atoms with Crippen molar-refractivity contribution in [3.8, 4) is 0 Å². The Labute approximate surface area is 161 Å². The summed E-state index contributed by atoms with van der Waals surface area (Å²) >= 11 is 7.07. The summed E-state index contributed by atoms with van der Waals surface area (Å²) in [6, 6.07) is 10.2. The number of aromatic nitrogens is 2. The third-order valence-corrected chi connectivity index (χ3v) is 6.50. The van der Waals surface area contributed by atoms with Gasteiger partial charge in [-0.1, -0.05) is 44.2 Å². The van der Waals surface area contributed by atoms with Crippen LogP contribution in [0.1, 0.15) is 29.9 Å². The zero-order chi connectivity index (χ0) is 18.3. The molecule has 0 saturated carbocycles. The van der Waals surface area contributed by atoms with E-state index >= 15 is 0 Å². The van der Waals surface area contributed by atoms with Crippen molar-refractivity contribution in [1.82, 2.24) is 9.55 Å². The van der Waals surface area contributed by atoms with Crippen molar-refractivity contribution in [2.45, 2.75) is 45.9 Å². The average Bonchev–Trinajstić information content (AvgIpc) is 2.99. The van der Waals surface area contributed by atoms with Gasteiger partial charge >= 0.3 is 0 Å². The molecule has 0 unspecified atom stereocenters. The predicted octanol–water partition coefficient (Wildman–Crippen LogP) is 4.46. The van der Waals surface area contributed by atoms with Crippen LogP contribution in [-0.2, 0) is 30.7 Å². The summed E-state index contributed by atoms with van der Waals surface area (Å²) in [5, 5.41) is 0.806. The molecule has 26 heavy (non-hydrogen) atoms. The van der Waals surface area contributed by atoms with E-state index in [9.17, 15) is 4.79 Å². The second kappa shape index (κ2) is 7.10. The number of fused-ring (bicyclic) bond motifs is 3. The molecule has 136 valence electrons. The van der Waals surface area contributed by atoms with Crippen LogP contribution in [0, 0.1) is 10.7 Å². The summed E-state index contributed by atoms with van der Waals surface area (Å²) in [5.41, 5.74) is 2.38. The summed E-state index contributed by atoms with van der Waals surface area (Å²) in [7, 11) is 0. The lowest BCUT2D eigenvalue weighted by molar-refractivity contribution is 0.00200. The summed E-state index contributed by atoms with van der Waals surface area (Å²) in [6.45, 7) is 5.50. The van der Waals surface area contributed by atoms with E-state index in [0.29, 0.717) is 23.8 Å². The monoisotopic (exact) mass is 386 g/mol. The Bertz CT molecular complexity index is 1050. The summed E-state index contributed by atoms with van der Waals surface area (Å²) in [4.78, 5) is 18.5. The molecular formula is C20H22N2O2S2. The van der Waals surface area contributed by atoms with E-state index in [2.05, 4.69) is 31.0 Å². The van der Waals surface area contributed by atoms with Gasteiger partial charge in [-0.2, -0.15) is 0 Å². The van der Waals surface area contributed by atoms with Crippen molar-refractivity contribution in [2.75, 3.05) is 0 Å². The average molecular weight is 387 g/mol. The van der Waals surface area contributed by atoms with Crippen LogP contribution >= 0.6 is 23.6 Å². The molecule has 0 amide bonds. The van der Waals surface area contributed by atoms with E-state index < -0.39 is 0 Å². The Balaban J connectivity index is 1.75. The fraction of sp³-hybridized carbons (Fsp3) is 0.400. The van der Waals surface area contributed by atoms with Crippen LogP contribution in [0.5, 0.6) is 0 Å². The Kier molecular flexibility index (Phi) is 4.82. The lowest BCUT2D eigenvalue weighted by Gasteiger charge is -2.26. The van der Waals surface area contributed by atoms with Gasteiger partial charge in [-0.05, 0) is 35.7 Å². The number of hydrogen-bond donors (Lipinski definition) is 1. The number of aromatic amines is 1. The van der Waals surface area contributed by atoms with Crippen molar-refractivity contribution in [3.05, 3.63) is 61.5 Å².